The number of halogens is 4. The van der Waals surface area contributed by atoms with Crippen molar-refractivity contribution in [3.63, 3.8) is 0 Å². The monoisotopic (exact) mass is 396 g/mol. The number of alkyl halides is 3. The van der Waals surface area contributed by atoms with Gasteiger partial charge >= 0.3 is 6.18 Å². The summed E-state index contributed by atoms with van der Waals surface area (Å²) in [5, 5.41) is 12.9. The summed E-state index contributed by atoms with van der Waals surface area (Å²) in [6, 6.07) is 3.79. The molecule has 3 N–H and O–H groups in total. The van der Waals surface area contributed by atoms with Crippen molar-refractivity contribution < 1.29 is 22.4 Å². The number of H-pyrrole nitrogens is 1. The van der Waals surface area contributed by atoms with E-state index in [1.54, 1.807) is 13.0 Å². The van der Waals surface area contributed by atoms with Crippen LogP contribution in [0.5, 0.6) is 0 Å². The van der Waals surface area contributed by atoms with Crippen molar-refractivity contribution >= 4 is 11.7 Å². The Bertz CT molecular complexity index is 922. The van der Waals surface area contributed by atoms with E-state index >= 15 is 0 Å². The van der Waals surface area contributed by atoms with Crippen LogP contribution in [-0.2, 0) is 6.18 Å². The summed E-state index contributed by atoms with van der Waals surface area (Å²) < 4.78 is 53.1. The van der Waals surface area contributed by atoms with Crippen molar-refractivity contribution in [3.8, 4) is 0 Å². The molecular weight excluding hydrogens is 380 g/mol. The topological polar surface area (TPSA) is 97.2 Å². The molecule has 1 aromatic heterocycles. The van der Waals surface area contributed by atoms with E-state index in [4.69, 9.17) is 5.53 Å². The first-order valence-corrected chi connectivity index (χ1v) is 8.25. The van der Waals surface area contributed by atoms with E-state index in [-0.39, 0.29) is 18.7 Å². The number of nitrogens with one attached hydrogen (secondary N) is 3. The molecule has 1 atom stereocenters. The van der Waals surface area contributed by atoms with Gasteiger partial charge in [0.15, 0.2) is 0 Å². The standard InChI is InChI=1S/C17H16F4N6O/c1-9-7-12(24-14-5-6-23-26-14)13(25-22)8-27(9)16(28)10-3-2-4-11(15(10)18)17(19,20)21/h2-6,9,22H,7-8H2,1H3,(H2,23,24,26)/t9-/m1/s1. The van der Waals surface area contributed by atoms with Crippen LogP contribution in [0, 0.1) is 11.3 Å². The second-order valence-electron chi connectivity index (χ2n) is 6.28. The normalized spacial score (nSPS) is 17.6. The molecule has 2 aromatic rings. The van der Waals surface area contributed by atoms with Crippen molar-refractivity contribution in [2.45, 2.75) is 25.6 Å². The lowest BCUT2D eigenvalue weighted by molar-refractivity contribution is -0.140. The predicted molar refractivity (Wildman–Crippen MR) is 90.9 cm³/mol. The van der Waals surface area contributed by atoms with Gasteiger partial charge in [0.05, 0.1) is 23.9 Å². The second-order valence-corrected chi connectivity index (χ2v) is 6.28. The maximum Gasteiger partial charge on any atom is 0.419 e. The molecule has 0 bridgehead atoms. The van der Waals surface area contributed by atoms with Crippen LogP contribution < -0.4 is 5.32 Å². The summed E-state index contributed by atoms with van der Waals surface area (Å²) >= 11 is 0. The lowest BCUT2D eigenvalue weighted by Gasteiger charge is -2.35. The van der Waals surface area contributed by atoms with E-state index in [1.165, 1.54) is 11.1 Å². The summed E-state index contributed by atoms with van der Waals surface area (Å²) in [5.74, 6) is -1.94. The minimum atomic E-state index is -4.91. The number of amides is 1. The van der Waals surface area contributed by atoms with Crippen LogP contribution in [0.15, 0.2) is 47.0 Å². The Morgan fingerprint density at radius 2 is 2.14 bits per heavy atom. The van der Waals surface area contributed by atoms with Gasteiger partial charge in [-0.15, -0.1) is 0 Å². The lowest BCUT2D eigenvalue weighted by atomic mass is 10.0. The van der Waals surface area contributed by atoms with Crippen LogP contribution >= 0.6 is 0 Å². The van der Waals surface area contributed by atoms with Gasteiger partial charge in [-0.25, -0.2) is 9.92 Å². The third kappa shape index (κ3) is 3.73. The van der Waals surface area contributed by atoms with E-state index in [0.29, 0.717) is 17.6 Å². The van der Waals surface area contributed by atoms with Gasteiger partial charge in [-0.3, -0.25) is 9.89 Å². The Morgan fingerprint density at radius 1 is 1.39 bits per heavy atom. The predicted octanol–water partition coefficient (Wildman–Crippen LogP) is 4.16. The molecule has 11 heteroatoms. The molecule has 7 nitrogen and oxygen atoms in total. The molecule has 0 unspecified atom stereocenters. The van der Waals surface area contributed by atoms with Crippen LogP contribution in [0.3, 0.4) is 0 Å². The van der Waals surface area contributed by atoms with Crippen molar-refractivity contribution in [2.24, 2.45) is 5.11 Å². The number of rotatable bonds is 4. The van der Waals surface area contributed by atoms with Gasteiger partial charge in [0.1, 0.15) is 17.3 Å². The number of benzene rings is 1. The number of anilines is 1. The zero-order valence-corrected chi connectivity index (χ0v) is 14.6. The molecule has 3 rings (SSSR count). The average molecular weight is 396 g/mol. The highest BCUT2D eigenvalue weighted by molar-refractivity contribution is 5.95. The molecule has 1 aliphatic heterocycles. The summed E-state index contributed by atoms with van der Waals surface area (Å²) in [6.45, 7) is 1.54. The Balaban J connectivity index is 1.90. The quantitative estimate of drug-likeness (QED) is 0.535. The molecule has 0 saturated heterocycles. The molecule has 1 amide bonds. The molecule has 1 aromatic carbocycles. The fourth-order valence-electron chi connectivity index (χ4n) is 2.99. The zero-order chi connectivity index (χ0) is 20.5. The summed E-state index contributed by atoms with van der Waals surface area (Å²) in [6.07, 6.45) is -3.13. The average Bonchev–Trinajstić information content (AvgIpc) is 3.13. The molecular formula is C17H16F4N6O. The van der Waals surface area contributed by atoms with E-state index in [2.05, 4.69) is 20.6 Å². The third-order valence-electron chi connectivity index (χ3n) is 4.42. The molecule has 0 saturated carbocycles. The summed E-state index contributed by atoms with van der Waals surface area (Å²) in [7, 11) is 0. The van der Waals surface area contributed by atoms with E-state index in [1.807, 2.05) is 0 Å². The van der Waals surface area contributed by atoms with Crippen LogP contribution in [-0.4, -0.2) is 33.6 Å². The van der Waals surface area contributed by atoms with Gasteiger partial charge in [0.25, 0.3) is 5.91 Å². The van der Waals surface area contributed by atoms with Gasteiger partial charge < -0.3 is 10.2 Å². The number of aromatic amines is 1. The number of hydrogen-bond acceptors (Lipinski definition) is 5. The van der Waals surface area contributed by atoms with E-state index < -0.39 is 35.1 Å². The fraction of sp³-hybridized carbons (Fsp3) is 0.294. The second kappa shape index (κ2) is 7.41. The lowest BCUT2D eigenvalue weighted by Crippen LogP contribution is -2.44. The van der Waals surface area contributed by atoms with E-state index in [9.17, 15) is 22.4 Å². The van der Waals surface area contributed by atoms with Gasteiger partial charge in [-0.1, -0.05) is 6.07 Å². The number of hydrogen-bond donors (Lipinski definition) is 3. The van der Waals surface area contributed by atoms with Crippen LogP contribution in [0.4, 0.5) is 23.4 Å². The van der Waals surface area contributed by atoms with Crippen molar-refractivity contribution in [1.82, 2.24) is 15.1 Å². The fourth-order valence-corrected chi connectivity index (χ4v) is 2.99. The number of aromatic nitrogens is 2. The first-order valence-electron chi connectivity index (χ1n) is 8.25. The first kappa shape index (κ1) is 19.5. The summed E-state index contributed by atoms with van der Waals surface area (Å²) in [5.41, 5.74) is 5.98. The van der Waals surface area contributed by atoms with Crippen molar-refractivity contribution in [1.29, 1.82) is 5.53 Å². The first-order chi connectivity index (χ1) is 13.2. The smallest absolute Gasteiger partial charge is 0.342 e. The molecule has 1 aliphatic rings. The number of carbonyl (C=O) groups is 1. The third-order valence-corrected chi connectivity index (χ3v) is 4.42. The number of nitrogens with zero attached hydrogens (tertiary/aromatic N) is 3. The molecule has 28 heavy (non-hydrogen) atoms. The molecule has 148 valence electrons. The summed E-state index contributed by atoms with van der Waals surface area (Å²) in [4.78, 5) is 14.0. The van der Waals surface area contributed by atoms with Gasteiger partial charge in [0, 0.05) is 24.2 Å². The largest absolute Gasteiger partial charge is 0.419 e. The minimum absolute atomic E-state index is 0.143. The Morgan fingerprint density at radius 3 is 2.75 bits per heavy atom. The van der Waals surface area contributed by atoms with Gasteiger partial charge in [-0.2, -0.15) is 23.4 Å². The minimum Gasteiger partial charge on any atom is -0.342 e. The van der Waals surface area contributed by atoms with Gasteiger partial charge in [0.2, 0.25) is 0 Å². The Hall–Kier alpha value is -3.24. The van der Waals surface area contributed by atoms with Crippen LogP contribution in [0.25, 0.3) is 0 Å². The zero-order valence-electron chi connectivity index (χ0n) is 14.6. The maximum atomic E-state index is 14.3. The Kier molecular flexibility index (Phi) is 5.16. The van der Waals surface area contributed by atoms with Crippen LogP contribution in [0.2, 0.25) is 0 Å². The molecule has 0 radical (unpaired) electrons. The molecule has 0 spiro atoms. The highest BCUT2D eigenvalue weighted by Crippen LogP contribution is 2.33. The highest BCUT2D eigenvalue weighted by atomic mass is 19.4. The van der Waals surface area contributed by atoms with Crippen molar-refractivity contribution in [3.05, 3.63) is 58.8 Å². The molecule has 0 aliphatic carbocycles. The number of carbonyl (C=O) groups excluding carboxylic acids is 1. The molecule has 2 heterocycles. The molecule has 0 fully saturated rings. The SMILES string of the molecule is C[C@@H]1CC(Nc2ccn[nH]2)=C(N=N)CN1C(=O)c1cccc(C(F)(F)F)c1F. The van der Waals surface area contributed by atoms with Crippen LogP contribution in [0.1, 0.15) is 29.3 Å². The van der Waals surface area contributed by atoms with E-state index in [0.717, 1.165) is 12.1 Å². The highest BCUT2D eigenvalue weighted by Gasteiger charge is 2.37. The van der Waals surface area contributed by atoms with Gasteiger partial charge in [-0.05, 0) is 19.1 Å². The Labute approximate surface area is 156 Å². The maximum absolute atomic E-state index is 14.3. The van der Waals surface area contributed by atoms with Crippen molar-refractivity contribution in [2.75, 3.05) is 11.9 Å².